The van der Waals surface area contributed by atoms with Gasteiger partial charge < -0.3 is 10.5 Å². The summed E-state index contributed by atoms with van der Waals surface area (Å²) in [6, 6.07) is 11.7. The van der Waals surface area contributed by atoms with Crippen molar-refractivity contribution in [3.63, 3.8) is 0 Å². The second-order valence-corrected chi connectivity index (χ2v) is 5.54. The maximum absolute atomic E-state index is 6.00. The number of rotatable bonds is 4. The molecule has 0 saturated carbocycles. The van der Waals surface area contributed by atoms with Crippen molar-refractivity contribution >= 4 is 32.5 Å². The van der Waals surface area contributed by atoms with E-state index in [4.69, 9.17) is 10.5 Å². The number of anilines is 1. The molecule has 5 heteroatoms. The molecule has 0 atom stereocenters. The van der Waals surface area contributed by atoms with Crippen LogP contribution in [-0.2, 0) is 6.42 Å². The minimum atomic E-state index is 0.521. The lowest BCUT2D eigenvalue weighted by molar-refractivity contribution is 0.326. The van der Waals surface area contributed by atoms with Crippen molar-refractivity contribution in [3.05, 3.63) is 59.0 Å². The molecule has 0 radical (unpaired) electrons. The van der Waals surface area contributed by atoms with Gasteiger partial charge in [0.2, 0.25) is 0 Å². The van der Waals surface area contributed by atoms with E-state index in [-0.39, 0.29) is 0 Å². The predicted octanol–water partition coefficient (Wildman–Crippen LogP) is 3.60. The van der Waals surface area contributed by atoms with Gasteiger partial charge in [-0.2, -0.15) is 0 Å². The largest absolute Gasteiger partial charge is 0.490 e. The van der Waals surface area contributed by atoms with E-state index in [1.807, 2.05) is 36.4 Å². The molecule has 0 spiro atoms. The van der Waals surface area contributed by atoms with Gasteiger partial charge in [0, 0.05) is 28.2 Å². The SMILES string of the molecule is Nc1cnc2ccc(Br)cc2c1OCCc1ccccn1. The minimum absolute atomic E-state index is 0.521. The third-order valence-electron chi connectivity index (χ3n) is 3.14. The molecule has 3 rings (SSSR count). The van der Waals surface area contributed by atoms with Crippen molar-refractivity contribution in [2.24, 2.45) is 0 Å². The summed E-state index contributed by atoms with van der Waals surface area (Å²) in [4.78, 5) is 8.59. The number of fused-ring (bicyclic) bond motifs is 1. The van der Waals surface area contributed by atoms with Crippen LogP contribution in [0, 0.1) is 0 Å². The number of nitrogens with two attached hydrogens (primary N) is 1. The van der Waals surface area contributed by atoms with Crippen molar-refractivity contribution in [1.82, 2.24) is 9.97 Å². The average Bonchev–Trinajstić information content (AvgIpc) is 2.50. The van der Waals surface area contributed by atoms with E-state index in [2.05, 4.69) is 25.9 Å². The molecule has 0 unspecified atom stereocenters. The maximum Gasteiger partial charge on any atom is 0.153 e. The molecule has 21 heavy (non-hydrogen) atoms. The Balaban J connectivity index is 1.83. The Hall–Kier alpha value is -2.14. The molecular formula is C16H14BrN3O. The van der Waals surface area contributed by atoms with Crippen LogP contribution in [0.5, 0.6) is 5.75 Å². The fourth-order valence-corrected chi connectivity index (χ4v) is 2.48. The molecule has 0 saturated heterocycles. The molecule has 4 nitrogen and oxygen atoms in total. The second-order valence-electron chi connectivity index (χ2n) is 4.62. The van der Waals surface area contributed by atoms with E-state index in [1.165, 1.54) is 0 Å². The molecule has 2 aromatic heterocycles. The summed E-state index contributed by atoms with van der Waals surface area (Å²) in [5.74, 6) is 0.678. The van der Waals surface area contributed by atoms with Crippen molar-refractivity contribution in [1.29, 1.82) is 0 Å². The quantitative estimate of drug-likeness (QED) is 0.786. The van der Waals surface area contributed by atoms with E-state index < -0.39 is 0 Å². The van der Waals surface area contributed by atoms with Crippen molar-refractivity contribution in [3.8, 4) is 5.75 Å². The molecule has 0 aliphatic rings. The van der Waals surface area contributed by atoms with Crippen LogP contribution < -0.4 is 10.5 Å². The van der Waals surface area contributed by atoms with Gasteiger partial charge in [0.25, 0.3) is 0 Å². The van der Waals surface area contributed by atoms with Crippen LogP contribution in [0.15, 0.2) is 53.3 Å². The van der Waals surface area contributed by atoms with Gasteiger partial charge in [0.05, 0.1) is 24.0 Å². The van der Waals surface area contributed by atoms with Crippen LogP contribution in [-0.4, -0.2) is 16.6 Å². The van der Waals surface area contributed by atoms with E-state index in [0.717, 1.165) is 27.5 Å². The Bertz CT molecular complexity index is 757. The smallest absolute Gasteiger partial charge is 0.153 e. The van der Waals surface area contributed by atoms with Crippen LogP contribution in [0.25, 0.3) is 10.9 Å². The summed E-state index contributed by atoms with van der Waals surface area (Å²) in [5, 5.41) is 0.908. The number of ether oxygens (including phenoxy) is 1. The first kappa shape index (κ1) is 13.8. The van der Waals surface area contributed by atoms with E-state index in [0.29, 0.717) is 18.0 Å². The molecule has 0 aliphatic carbocycles. The monoisotopic (exact) mass is 343 g/mol. The Kier molecular flexibility index (Phi) is 4.01. The Labute approximate surface area is 131 Å². The molecule has 0 aliphatic heterocycles. The highest BCUT2D eigenvalue weighted by Crippen LogP contribution is 2.32. The number of hydrogen-bond acceptors (Lipinski definition) is 4. The molecule has 2 heterocycles. The van der Waals surface area contributed by atoms with Crippen LogP contribution in [0.1, 0.15) is 5.69 Å². The zero-order valence-electron chi connectivity index (χ0n) is 11.3. The number of benzene rings is 1. The van der Waals surface area contributed by atoms with Crippen molar-refractivity contribution in [2.45, 2.75) is 6.42 Å². The van der Waals surface area contributed by atoms with Gasteiger partial charge >= 0.3 is 0 Å². The van der Waals surface area contributed by atoms with Crippen molar-refractivity contribution < 1.29 is 4.74 Å². The first-order valence-electron chi connectivity index (χ1n) is 6.60. The lowest BCUT2D eigenvalue weighted by Crippen LogP contribution is -2.05. The Morgan fingerprint density at radius 3 is 2.86 bits per heavy atom. The molecule has 0 amide bonds. The standard InChI is InChI=1S/C16H14BrN3O/c17-11-4-5-15-13(9-11)16(14(18)10-20-15)21-8-6-12-3-1-2-7-19-12/h1-5,7,9-10H,6,8,18H2. The van der Waals surface area contributed by atoms with Crippen LogP contribution >= 0.6 is 15.9 Å². The summed E-state index contributed by atoms with van der Waals surface area (Å²) < 4.78 is 6.85. The highest BCUT2D eigenvalue weighted by molar-refractivity contribution is 9.10. The van der Waals surface area contributed by atoms with Gasteiger partial charge in [-0.1, -0.05) is 22.0 Å². The van der Waals surface area contributed by atoms with E-state index in [1.54, 1.807) is 12.4 Å². The molecule has 2 N–H and O–H groups in total. The normalized spacial score (nSPS) is 10.7. The number of aromatic nitrogens is 2. The zero-order chi connectivity index (χ0) is 14.7. The third-order valence-corrected chi connectivity index (χ3v) is 3.63. The zero-order valence-corrected chi connectivity index (χ0v) is 12.9. The third kappa shape index (κ3) is 3.13. The second kappa shape index (κ2) is 6.10. The first-order valence-corrected chi connectivity index (χ1v) is 7.40. The molecule has 1 aromatic carbocycles. The van der Waals surface area contributed by atoms with Crippen LogP contribution in [0.3, 0.4) is 0 Å². The van der Waals surface area contributed by atoms with Crippen LogP contribution in [0.4, 0.5) is 5.69 Å². The molecule has 3 aromatic rings. The highest BCUT2D eigenvalue weighted by atomic mass is 79.9. The first-order chi connectivity index (χ1) is 10.2. The number of hydrogen-bond donors (Lipinski definition) is 1. The molecule has 0 fully saturated rings. The fraction of sp³-hybridized carbons (Fsp3) is 0.125. The lowest BCUT2D eigenvalue weighted by Gasteiger charge is -2.11. The summed E-state index contributed by atoms with van der Waals surface area (Å²) >= 11 is 3.46. The Morgan fingerprint density at radius 1 is 1.14 bits per heavy atom. The Morgan fingerprint density at radius 2 is 2.05 bits per heavy atom. The summed E-state index contributed by atoms with van der Waals surface area (Å²) in [7, 11) is 0. The van der Waals surface area contributed by atoms with E-state index >= 15 is 0 Å². The van der Waals surface area contributed by atoms with Gasteiger partial charge in [-0.05, 0) is 30.3 Å². The van der Waals surface area contributed by atoms with Gasteiger partial charge in [-0.25, -0.2) is 0 Å². The number of halogens is 1. The number of pyridine rings is 2. The number of nitrogens with zero attached hydrogens (tertiary/aromatic N) is 2. The molecule has 106 valence electrons. The lowest BCUT2D eigenvalue weighted by atomic mass is 10.2. The molecular weight excluding hydrogens is 330 g/mol. The summed E-state index contributed by atoms with van der Waals surface area (Å²) in [6.07, 6.45) is 4.15. The van der Waals surface area contributed by atoms with Crippen molar-refractivity contribution in [2.75, 3.05) is 12.3 Å². The highest BCUT2D eigenvalue weighted by Gasteiger charge is 2.09. The minimum Gasteiger partial charge on any atom is -0.490 e. The van der Waals surface area contributed by atoms with Gasteiger partial charge in [0.15, 0.2) is 5.75 Å². The van der Waals surface area contributed by atoms with E-state index in [9.17, 15) is 0 Å². The maximum atomic E-state index is 6.00. The summed E-state index contributed by atoms with van der Waals surface area (Å²) in [5.41, 5.74) is 8.40. The van der Waals surface area contributed by atoms with Crippen LogP contribution in [0.2, 0.25) is 0 Å². The average molecular weight is 344 g/mol. The van der Waals surface area contributed by atoms with Gasteiger partial charge in [-0.3, -0.25) is 9.97 Å². The van der Waals surface area contributed by atoms with Gasteiger partial charge in [0.1, 0.15) is 0 Å². The number of nitrogen functional groups attached to an aromatic ring is 1. The predicted molar refractivity (Wildman–Crippen MR) is 87.3 cm³/mol. The fourth-order valence-electron chi connectivity index (χ4n) is 2.12. The topological polar surface area (TPSA) is 61.0 Å². The molecule has 0 bridgehead atoms. The summed E-state index contributed by atoms with van der Waals surface area (Å²) in [6.45, 7) is 0.521. The van der Waals surface area contributed by atoms with Gasteiger partial charge in [-0.15, -0.1) is 0 Å².